The first-order chi connectivity index (χ1) is 31.6. The summed E-state index contributed by atoms with van der Waals surface area (Å²) in [4.78, 5) is 120. The fourth-order valence-electron chi connectivity index (χ4n) is 9.71. The molecule has 1 saturated carbocycles. The van der Waals surface area contributed by atoms with Crippen molar-refractivity contribution in [2.24, 2.45) is 0 Å². The molecule has 6 aliphatic rings. The van der Waals surface area contributed by atoms with Crippen LogP contribution in [0.2, 0.25) is 0 Å². The van der Waals surface area contributed by atoms with Crippen molar-refractivity contribution in [3.63, 3.8) is 0 Å². The average molecular weight is 910 g/mol. The Morgan fingerprint density at radius 2 is 1.53 bits per heavy atom. The van der Waals surface area contributed by atoms with Gasteiger partial charge in [0.15, 0.2) is 5.82 Å². The topological polar surface area (TPSA) is 218 Å². The minimum absolute atomic E-state index is 0.0205. The summed E-state index contributed by atoms with van der Waals surface area (Å²) in [6, 6.07) is 9.98. The SMILES string of the molecule is CN1C(=O)C(F)(F)CN(C2CCCC2)c2nc(Nc3ccc(C(=O)N[C@H]4CCN(C(=O)CCC(=O)N5CCN(c6ccc7c(c6)C(=O)N(C6CCC(=O)NC6=O)C7=O)CC5)C4)cc3)ncc21. The summed E-state index contributed by atoms with van der Waals surface area (Å²) in [5, 5.41) is 8.26. The molecule has 1 unspecified atom stereocenters. The Kier molecular flexibility index (Phi) is 11.9. The number of benzene rings is 2. The molecule has 8 amide bonds. The Balaban J connectivity index is 0.723. The van der Waals surface area contributed by atoms with Crippen molar-refractivity contribution in [1.82, 2.24) is 35.3 Å². The molecule has 0 bridgehead atoms. The number of anilines is 5. The van der Waals surface area contributed by atoms with Gasteiger partial charge < -0.3 is 35.1 Å². The van der Waals surface area contributed by atoms with Gasteiger partial charge in [-0.05, 0) is 68.1 Å². The highest BCUT2D eigenvalue weighted by atomic mass is 19.3. The van der Waals surface area contributed by atoms with Crippen molar-refractivity contribution in [2.75, 3.05) is 72.9 Å². The molecule has 2 atom stereocenters. The van der Waals surface area contributed by atoms with Gasteiger partial charge in [-0.25, -0.2) is 4.98 Å². The maximum Gasteiger partial charge on any atom is 0.342 e. The van der Waals surface area contributed by atoms with E-state index in [1.54, 1.807) is 52.3 Å². The quantitative estimate of drug-likeness (QED) is 0.250. The van der Waals surface area contributed by atoms with Crippen molar-refractivity contribution in [3.05, 3.63) is 65.4 Å². The van der Waals surface area contributed by atoms with Gasteiger partial charge in [-0.15, -0.1) is 0 Å². The summed E-state index contributed by atoms with van der Waals surface area (Å²) in [5.74, 6) is -7.45. The monoisotopic (exact) mass is 909 g/mol. The molecule has 9 rings (SSSR count). The van der Waals surface area contributed by atoms with Gasteiger partial charge in [-0.1, -0.05) is 12.8 Å². The van der Waals surface area contributed by atoms with Gasteiger partial charge in [0.2, 0.25) is 29.6 Å². The number of likely N-dealkylation sites (tertiary alicyclic amines) is 1. The Morgan fingerprint density at radius 3 is 2.24 bits per heavy atom. The molecule has 0 radical (unpaired) electrons. The first kappa shape index (κ1) is 44.2. The number of nitrogens with zero attached hydrogens (tertiary/aromatic N) is 8. The molecular weight excluding hydrogens is 861 g/mol. The van der Waals surface area contributed by atoms with Crippen LogP contribution < -0.4 is 30.7 Å². The average Bonchev–Trinajstić information content (AvgIpc) is 4.07. The highest BCUT2D eigenvalue weighted by molar-refractivity contribution is 6.23. The van der Waals surface area contributed by atoms with Gasteiger partial charge in [0.25, 0.3) is 23.6 Å². The van der Waals surface area contributed by atoms with E-state index in [1.165, 1.54) is 18.1 Å². The number of alkyl halides is 2. The fourth-order valence-corrected chi connectivity index (χ4v) is 9.71. The van der Waals surface area contributed by atoms with Gasteiger partial charge in [0.05, 0.1) is 23.9 Å². The molecule has 66 heavy (non-hydrogen) atoms. The maximum atomic E-state index is 15.0. The molecule has 21 heteroatoms. The Labute approximate surface area is 377 Å². The van der Waals surface area contributed by atoms with Gasteiger partial charge >= 0.3 is 5.92 Å². The van der Waals surface area contributed by atoms with E-state index in [4.69, 9.17) is 0 Å². The van der Waals surface area contributed by atoms with Crippen LogP contribution in [-0.2, 0) is 24.0 Å². The lowest BCUT2D eigenvalue weighted by Gasteiger charge is -2.36. The lowest BCUT2D eigenvalue weighted by Crippen LogP contribution is -2.54. The first-order valence-corrected chi connectivity index (χ1v) is 22.3. The number of rotatable bonds is 10. The molecule has 19 nitrogen and oxygen atoms in total. The van der Waals surface area contributed by atoms with Crippen molar-refractivity contribution < 1.29 is 47.1 Å². The number of imide groups is 2. The zero-order valence-electron chi connectivity index (χ0n) is 36.3. The van der Waals surface area contributed by atoms with Crippen LogP contribution in [0.15, 0.2) is 48.7 Å². The number of carbonyl (C=O) groups excluding carboxylic acids is 8. The number of nitrogens with one attached hydrogen (secondary N) is 3. The van der Waals surface area contributed by atoms with Crippen molar-refractivity contribution >= 4 is 76.1 Å². The standard InChI is InChI=1S/C45H49F2N11O8/c1-53-34-23-48-44(52-38(34)57(29-4-2-3-5-29)25-45(46,47)43(53)66)50-27-8-6-26(7-9-27)39(62)49-28-16-17-56(24-28)37(61)15-14-36(60)55-20-18-54(19-21-55)30-10-11-31-32(22-30)42(65)58(41(31)64)33-12-13-35(59)51-40(33)63/h6-11,22-23,28-29,33H,2-5,12-21,24-25H2,1H3,(H,49,62)(H,48,50,52)(H,51,59,63)/t28-,33?/m0/s1. The molecular formula is C45H49F2N11O8. The lowest BCUT2D eigenvalue weighted by molar-refractivity contribution is -0.140. The van der Waals surface area contributed by atoms with Gasteiger partial charge in [-0.2, -0.15) is 13.8 Å². The third-order valence-electron chi connectivity index (χ3n) is 13.4. The predicted octanol–water partition coefficient (Wildman–Crippen LogP) is 2.44. The van der Waals surface area contributed by atoms with E-state index in [0.717, 1.165) is 35.5 Å². The number of amides is 8. The smallest absolute Gasteiger partial charge is 0.342 e. The summed E-state index contributed by atoms with van der Waals surface area (Å²) in [7, 11) is 1.30. The highest BCUT2D eigenvalue weighted by Crippen LogP contribution is 2.40. The molecule has 3 saturated heterocycles. The van der Waals surface area contributed by atoms with Crippen molar-refractivity contribution in [1.29, 1.82) is 0 Å². The number of fused-ring (bicyclic) bond motifs is 2. The summed E-state index contributed by atoms with van der Waals surface area (Å²) in [6.07, 6.45) is 5.31. The summed E-state index contributed by atoms with van der Waals surface area (Å²) in [5.41, 5.74) is 2.20. The molecule has 0 spiro atoms. The molecule has 4 fully saturated rings. The van der Waals surface area contributed by atoms with Crippen LogP contribution in [0.3, 0.4) is 0 Å². The predicted molar refractivity (Wildman–Crippen MR) is 233 cm³/mol. The molecule has 6 heterocycles. The van der Waals surface area contributed by atoms with E-state index in [2.05, 4.69) is 25.9 Å². The van der Waals surface area contributed by atoms with Crippen LogP contribution in [0.5, 0.6) is 0 Å². The lowest BCUT2D eigenvalue weighted by atomic mass is 10.0. The van der Waals surface area contributed by atoms with Crippen LogP contribution in [0.1, 0.15) is 88.9 Å². The van der Waals surface area contributed by atoms with E-state index in [1.807, 2.05) is 4.90 Å². The van der Waals surface area contributed by atoms with E-state index in [9.17, 15) is 47.1 Å². The van der Waals surface area contributed by atoms with Gasteiger partial charge in [0, 0.05) is 94.6 Å². The largest absolute Gasteiger partial charge is 0.368 e. The second-order valence-corrected chi connectivity index (χ2v) is 17.6. The Morgan fingerprint density at radius 1 is 0.833 bits per heavy atom. The van der Waals surface area contributed by atoms with E-state index in [0.29, 0.717) is 62.6 Å². The summed E-state index contributed by atoms with van der Waals surface area (Å²) in [6.45, 7) is 1.66. The molecule has 5 aliphatic heterocycles. The Bertz CT molecular complexity index is 2510. The summed E-state index contributed by atoms with van der Waals surface area (Å²) >= 11 is 0. The third kappa shape index (κ3) is 8.60. The zero-order valence-corrected chi connectivity index (χ0v) is 36.3. The third-order valence-corrected chi connectivity index (χ3v) is 13.4. The molecule has 3 N–H and O–H groups in total. The normalized spacial score (nSPS) is 22.1. The number of hydrogen-bond donors (Lipinski definition) is 3. The maximum absolute atomic E-state index is 15.0. The van der Waals surface area contributed by atoms with E-state index >= 15 is 0 Å². The van der Waals surface area contributed by atoms with Gasteiger partial charge in [-0.3, -0.25) is 48.6 Å². The highest BCUT2D eigenvalue weighted by Gasteiger charge is 2.49. The van der Waals surface area contributed by atoms with Crippen LogP contribution in [0.25, 0.3) is 0 Å². The van der Waals surface area contributed by atoms with Gasteiger partial charge in [0.1, 0.15) is 11.7 Å². The van der Waals surface area contributed by atoms with Crippen LogP contribution in [0, 0.1) is 0 Å². The molecule has 346 valence electrons. The number of halogens is 2. The van der Waals surface area contributed by atoms with Crippen LogP contribution in [0.4, 0.5) is 37.6 Å². The number of piperazine rings is 1. The number of carbonyl (C=O) groups is 8. The fraction of sp³-hybridized carbons (Fsp3) is 0.467. The molecule has 3 aromatic rings. The van der Waals surface area contributed by atoms with Crippen molar-refractivity contribution in [3.8, 4) is 0 Å². The summed E-state index contributed by atoms with van der Waals surface area (Å²) < 4.78 is 30.0. The molecule has 1 aromatic heterocycles. The minimum atomic E-state index is -3.59. The van der Waals surface area contributed by atoms with E-state index < -0.39 is 48.0 Å². The molecule has 2 aromatic carbocycles. The number of piperidine rings is 1. The van der Waals surface area contributed by atoms with Crippen LogP contribution in [-0.4, -0.2) is 149 Å². The van der Waals surface area contributed by atoms with E-state index in [-0.39, 0.29) is 84.1 Å². The van der Waals surface area contributed by atoms with Crippen LogP contribution >= 0.6 is 0 Å². The second-order valence-electron chi connectivity index (χ2n) is 17.6. The first-order valence-electron chi connectivity index (χ1n) is 22.3. The Hall–Kier alpha value is -7.06. The second kappa shape index (κ2) is 17.7. The van der Waals surface area contributed by atoms with Crippen molar-refractivity contribution in [2.45, 2.75) is 81.8 Å². The number of hydrogen-bond acceptors (Lipinski definition) is 13. The number of aromatic nitrogens is 2. The molecule has 1 aliphatic carbocycles. The minimum Gasteiger partial charge on any atom is -0.368 e. The zero-order chi connectivity index (χ0) is 46.4.